The van der Waals surface area contributed by atoms with E-state index in [1.807, 2.05) is 41.5 Å². The van der Waals surface area contributed by atoms with Gasteiger partial charge in [0.15, 0.2) is 5.54 Å². The van der Waals surface area contributed by atoms with Gasteiger partial charge in [-0.15, -0.1) is 0 Å². The summed E-state index contributed by atoms with van der Waals surface area (Å²) in [5, 5.41) is 2.59. The Balaban J connectivity index is 0.00000138. The summed E-state index contributed by atoms with van der Waals surface area (Å²) in [5.74, 6) is -2.03. The lowest BCUT2D eigenvalue weighted by Crippen LogP contribution is -2.51. The molecule has 1 aromatic carbocycles. The van der Waals surface area contributed by atoms with Crippen LogP contribution in [0.4, 0.5) is 18.0 Å². The number of alkyl halides is 3. The van der Waals surface area contributed by atoms with Crippen LogP contribution in [0.15, 0.2) is 23.2 Å². The van der Waals surface area contributed by atoms with Crippen LogP contribution >= 0.6 is 0 Å². The summed E-state index contributed by atoms with van der Waals surface area (Å²) in [7, 11) is 3.17. The average Bonchev–Trinajstić information content (AvgIpc) is 3.36. The van der Waals surface area contributed by atoms with E-state index in [1.54, 1.807) is 33.9 Å². The summed E-state index contributed by atoms with van der Waals surface area (Å²) >= 11 is 0. The largest absolute Gasteiger partial charge is 0.444 e. The predicted molar refractivity (Wildman–Crippen MR) is 162 cm³/mol. The Kier molecular flexibility index (Phi) is 13.1. The number of carbonyl (C=O) groups is 2. The van der Waals surface area contributed by atoms with Crippen molar-refractivity contribution in [2.24, 2.45) is 10.4 Å². The molecule has 10 heteroatoms. The van der Waals surface area contributed by atoms with Crippen molar-refractivity contribution in [3.8, 4) is 0 Å². The summed E-state index contributed by atoms with van der Waals surface area (Å²) in [6, 6.07) is 4.70. The normalized spacial score (nSPS) is 25.2. The fourth-order valence-corrected chi connectivity index (χ4v) is 5.89. The highest BCUT2D eigenvalue weighted by atomic mass is 19.4. The van der Waals surface area contributed by atoms with Crippen molar-refractivity contribution in [1.29, 1.82) is 0 Å². The Labute approximate surface area is 250 Å². The summed E-state index contributed by atoms with van der Waals surface area (Å²) in [6.45, 7) is 18.3. The first-order chi connectivity index (χ1) is 19.6. The molecular weight excluding hydrogens is 547 g/mol. The summed E-state index contributed by atoms with van der Waals surface area (Å²) < 4.78 is 51.7. The molecule has 1 N–H and O–H groups in total. The molecule has 2 spiro atoms. The van der Waals surface area contributed by atoms with E-state index in [0.717, 1.165) is 12.5 Å². The first kappa shape index (κ1) is 37.4. The zero-order valence-corrected chi connectivity index (χ0v) is 27.6. The fraction of sp³-hybridized carbons (Fsp3) is 0.719. The van der Waals surface area contributed by atoms with E-state index in [4.69, 9.17) is 14.5 Å². The van der Waals surface area contributed by atoms with E-state index >= 15 is 0 Å². The van der Waals surface area contributed by atoms with Crippen molar-refractivity contribution in [3.05, 3.63) is 34.9 Å². The van der Waals surface area contributed by atoms with E-state index in [1.165, 1.54) is 24.1 Å². The van der Waals surface area contributed by atoms with E-state index in [-0.39, 0.29) is 23.5 Å². The number of methoxy groups -OCH3 is 1. The molecule has 2 unspecified atom stereocenters. The number of guanidine groups is 1. The number of alkyl carbamates (subject to hydrolysis) is 1. The molecule has 0 radical (unpaired) electrons. The van der Waals surface area contributed by atoms with Crippen LogP contribution in [0.3, 0.4) is 0 Å². The van der Waals surface area contributed by atoms with Gasteiger partial charge in [0.25, 0.3) is 5.91 Å². The third kappa shape index (κ3) is 7.29. The predicted octanol–water partition coefficient (Wildman–Crippen LogP) is 8.11. The lowest BCUT2D eigenvalue weighted by atomic mass is 9.61. The molecule has 2 atom stereocenters. The highest BCUT2D eigenvalue weighted by Crippen LogP contribution is 2.62. The number of hydrogen-bond acceptors (Lipinski definition) is 5. The second-order valence-electron chi connectivity index (χ2n) is 11.2. The monoisotopic (exact) mass is 599 g/mol. The molecule has 2 aliphatic carbocycles. The number of carbonyl (C=O) groups excluding carboxylic acids is 2. The Morgan fingerprint density at radius 2 is 1.62 bits per heavy atom. The van der Waals surface area contributed by atoms with Gasteiger partial charge in [0.05, 0.1) is 12.0 Å². The van der Waals surface area contributed by atoms with Gasteiger partial charge >= 0.3 is 12.3 Å². The molecule has 0 saturated heterocycles. The van der Waals surface area contributed by atoms with Gasteiger partial charge in [-0.25, -0.2) is 9.79 Å². The first-order valence-corrected chi connectivity index (χ1v) is 15.2. The molecule has 3 aliphatic rings. The van der Waals surface area contributed by atoms with Crippen molar-refractivity contribution in [1.82, 2.24) is 10.2 Å². The van der Waals surface area contributed by atoms with Crippen LogP contribution in [0.5, 0.6) is 0 Å². The number of benzene rings is 1. The molecule has 42 heavy (non-hydrogen) atoms. The Morgan fingerprint density at radius 3 is 2.10 bits per heavy atom. The van der Waals surface area contributed by atoms with Crippen molar-refractivity contribution in [3.63, 3.8) is 0 Å². The van der Waals surface area contributed by atoms with Gasteiger partial charge in [0, 0.05) is 19.6 Å². The lowest BCUT2D eigenvalue weighted by molar-refractivity contribution is -0.146. The second-order valence-corrected chi connectivity index (χ2v) is 11.2. The summed E-state index contributed by atoms with van der Waals surface area (Å²) in [5.41, 5.74) is -1.43. The van der Waals surface area contributed by atoms with E-state index in [9.17, 15) is 22.8 Å². The SMILES string of the molecule is CC.CC.CC.COC1CCC2(CC1)Cc1ccc(C(C)C(F)(F)F)cc1C21N=C(NC(=O)OC(C)(C)C)N(C)C1=O. The number of amides is 2. The van der Waals surface area contributed by atoms with Gasteiger partial charge in [0.1, 0.15) is 5.60 Å². The van der Waals surface area contributed by atoms with Crippen molar-refractivity contribution in [2.45, 2.75) is 131 Å². The summed E-state index contributed by atoms with van der Waals surface area (Å²) in [6.07, 6.45) is -1.96. The zero-order valence-electron chi connectivity index (χ0n) is 27.6. The zero-order chi connectivity index (χ0) is 32.7. The van der Waals surface area contributed by atoms with Crippen LogP contribution in [0, 0.1) is 5.41 Å². The number of likely N-dealkylation sites (N-methyl/N-ethyl adjacent to an activating group) is 1. The molecule has 0 aromatic heterocycles. The smallest absolute Gasteiger partial charge is 0.414 e. The number of nitrogens with one attached hydrogen (secondary N) is 1. The van der Waals surface area contributed by atoms with Gasteiger partial charge in [-0.05, 0) is 76.5 Å². The van der Waals surface area contributed by atoms with Crippen LogP contribution in [0.2, 0.25) is 0 Å². The first-order valence-electron chi connectivity index (χ1n) is 15.2. The van der Waals surface area contributed by atoms with Gasteiger partial charge in [-0.1, -0.05) is 59.7 Å². The van der Waals surface area contributed by atoms with Crippen molar-refractivity contribution in [2.75, 3.05) is 14.2 Å². The highest BCUT2D eigenvalue weighted by molar-refractivity contribution is 6.12. The standard InChI is InChI=1S/C26H34F3N3O4.3C2H6/c1-15(26(27,28)29)16-7-8-17-14-24(11-9-18(35-6)10-12-24)25(19(17)13-16)20(33)32(5)21(31-25)30-22(34)36-23(2,3)4;3*1-2/h7-8,13,15,18H,9-12,14H2,1-6H3,(H,30,31,34);3*1-2H3. The highest BCUT2D eigenvalue weighted by Gasteiger charge is 2.66. The molecule has 1 heterocycles. The van der Waals surface area contributed by atoms with Crippen LogP contribution in [-0.4, -0.2) is 54.9 Å². The van der Waals surface area contributed by atoms with Gasteiger partial charge in [0.2, 0.25) is 5.96 Å². The molecule has 1 aromatic rings. The second kappa shape index (κ2) is 14.7. The third-order valence-electron chi connectivity index (χ3n) is 7.85. The third-order valence-corrected chi connectivity index (χ3v) is 7.85. The number of hydrogen-bond donors (Lipinski definition) is 1. The molecule has 2 amide bonds. The van der Waals surface area contributed by atoms with Gasteiger partial charge in [-0.2, -0.15) is 13.2 Å². The minimum atomic E-state index is -4.42. The Morgan fingerprint density at radius 1 is 1.07 bits per heavy atom. The van der Waals surface area contributed by atoms with Crippen LogP contribution in [0.25, 0.3) is 0 Å². The minimum absolute atomic E-state index is 0.0320. The minimum Gasteiger partial charge on any atom is -0.444 e. The number of aliphatic imine (C=N–C) groups is 1. The summed E-state index contributed by atoms with van der Waals surface area (Å²) in [4.78, 5) is 32.7. The number of halogens is 3. The van der Waals surface area contributed by atoms with Crippen LogP contribution in [-0.2, 0) is 26.2 Å². The van der Waals surface area contributed by atoms with Crippen LogP contribution in [0.1, 0.15) is 118 Å². The molecule has 1 aliphatic heterocycles. The molecule has 240 valence electrons. The topological polar surface area (TPSA) is 80.2 Å². The number of fused-ring (bicyclic) bond motifs is 3. The number of nitrogens with zero attached hydrogens (tertiary/aromatic N) is 2. The number of rotatable bonds is 2. The van der Waals surface area contributed by atoms with E-state index < -0.39 is 34.7 Å². The maximum absolute atomic E-state index is 14.0. The molecule has 0 bridgehead atoms. The van der Waals surface area contributed by atoms with E-state index in [0.29, 0.717) is 37.7 Å². The lowest BCUT2D eigenvalue weighted by Gasteiger charge is -2.45. The van der Waals surface area contributed by atoms with Crippen molar-refractivity contribution >= 4 is 18.0 Å². The molecule has 1 fully saturated rings. The molecule has 7 nitrogen and oxygen atoms in total. The maximum atomic E-state index is 14.0. The fourth-order valence-electron chi connectivity index (χ4n) is 5.89. The molecular formula is C32H52F3N3O4. The van der Waals surface area contributed by atoms with Gasteiger partial charge in [-0.3, -0.25) is 15.0 Å². The molecule has 4 rings (SSSR count). The average molecular weight is 600 g/mol. The molecule has 1 saturated carbocycles. The Hall–Kier alpha value is -2.62. The van der Waals surface area contributed by atoms with E-state index in [2.05, 4.69) is 5.32 Å². The van der Waals surface area contributed by atoms with Crippen LogP contribution < -0.4 is 5.32 Å². The Bertz CT molecular complexity index is 1090. The quantitative estimate of drug-likeness (QED) is 0.372. The number of ether oxygens (including phenoxy) is 2. The maximum Gasteiger partial charge on any atom is 0.414 e. The van der Waals surface area contributed by atoms with Crippen molar-refractivity contribution < 1.29 is 32.2 Å². The van der Waals surface area contributed by atoms with Gasteiger partial charge < -0.3 is 9.47 Å².